The molecule has 0 aliphatic heterocycles. The Bertz CT molecular complexity index is 528. The molecule has 94 valence electrons. The number of nitrogens with one attached hydrogen (secondary N) is 1. The van der Waals surface area contributed by atoms with E-state index in [0.717, 1.165) is 11.4 Å². The summed E-state index contributed by atoms with van der Waals surface area (Å²) < 4.78 is 0. The van der Waals surface area contributed by atoms with Gasteiger partial charge in [0.05, 0.1) is 11.7 Å². The molecule has 0 fully saturated rings. The summed E-state index contributed by atoms with van der Waals surface area (Å²) in [4.78, 5) is 19.2. The van der Waals surface area contributed by atoms with Gasteiger partial charge in [0, 0.05) is 17.8 Å². The molecule has 0 saturated carbocycles. The molecular weight excluding hydrogens is 250 g/mol. The van der Waals surface area contributed by atoms with E-state index in [4.69, 9.17) is 5.11 Å². The molecule has 2 aromatic rings. The van der Waals surface area contributed by atoms with Gasteiger partial charge in [0.15, 0.2) is 5.69 Å². The number of nitrogens with zero attached hydrogens (tertiary/aromatic N) is 2. The first-order valence-corrected chi connectivity index (χ1v) is 6.44. The van der Waals surface area contributed by atoms with Gasteiger partial charge in [-0.1, -0.05) is 6.92 Å². The second kappa shape index (κ2) is 5.59. The Hall–Kier alpha value is -1.95. The second-order valence-corrected chi connectivity index (χ2v) is 4.61. The molecule has 0 bridgehead atoms. The maximum absolute atomic E-state index is 11.1. The molecule has 0 radical (unpaired) electrons. The number of carbonyl (C=O) groups is 1. The molecule has 0 aliphatic rings. The van der Waals surface area contributed by atoms with Gasteiger partial charge in [0.2, 0.25) is 0 Å². The van der Waals surface area contributed by atoms with Crippen molar-refractivity contribution in [1.82, 2.24) is 9.97 Å². The first-order valence-electron chi connectivity index (χ1n) is 5.56. The van der Waals surface area contributed by atoms with Crippen molar-refractivity contribution >= 4 is 23.0 Å². The predicted octanol–water partition coefficient (Wildman–Crippen LogP) is 2.80. The minimum atomic E-state index is -1.04. The Morgan fingerprint density at radius 1 is 1.50 bits per heavy atom. The number of aromatic nitrogens is 2. The van der Waals surface area contributed by atoms with Gasteiger partial charge in [-0.25, -0.2) is 14.8 Å². The molecule has 0 aliphatic carbocycles. The lowest BCUT2D eigenvalue weighted by atomic mass is 10.2. The molecule has 2 N–H and O–H groups in total. The predicted molar refractivity (Wildman–Crippen MR) is 70.0 cm³/mol. The van der Waals surface area contributed by atoms with Crippen molar-refractivity contribution in [2.75, 3.05) is 5.32 Å². The highest BCUT2D eigenvalue weighted by atomic mass is 32.1. The third-order valence-corrected chi connectivity index (χ3v) is 3.39. The number of thiazole rings is 1. The summed E-state index contributed by atoms with van der Waals surface area (Å²) in [5, 5.41) is 15.1. The lowest BCUT2D eigenvalue weighted by Crippen LogP contribution is -2.13. The lowest BCUT2D eigenvalue weighted by Gasteiger charge is -2.16. The largest absolute Gasteiger partial charge is 0.476 e. The molecule has 2 rings (SSSR count). The molecule has 0 spiro atoms. The molecule has 18 heavy (non-hydrogen) atoms. The van der Waals surface area contributed by atoms with E-state index >= 15 is 0 Å². The summed E-state index contributed by atoms with van der Waals surface area (Å²) in [6.07, 6.45) is 4.03. The number of carboxylic acid groups (broad SMARTS) is 1. The smallest absolute Gasteiger partial charge is 0.356 e. The van der Waals surface area contributed by atoms with E-state index in [0.29, 0.717) is 5.69 Å². The monoisotopic (exact) mass is 263 g/mol. The van der Waals surface area contributed by atoms with Crippen molar-refractivity contribution in [2.24, 2.45) is 0 Å². The fourth-order valence-electron chi connectivity index (χ4n) is 1.62. The molecule has 0 aromatic carbocycles. The zero-order valence-electron chi connectivity index (χ0n) is 9.83. The van der Waals surface area contributed by atoms with Gasteiger partial charge in [-0.05, 0) is 18.6 Å². The van der Waals surface area contributed by atoms with Crippen LogP contribution in [-0.2, 0) is 0 Å². The van der Waals surface area contributed by atoms with Gasteiger partial charge in [-0.2, -0.15) is 0 Å². The molecule has 1 unspecified atom stereocenters. The number of rotatable bonds is 5. The Labute approximate surface area is 109 Å². The van der Waals surface area contributed by atoms with E-state index < -0.39 is 5.97 Å². The van der Waals surface area contributed by atoms with Gasteiger partial charge < -0.3 is 10.4 Å². The van der Waals surface area contributed by atoms with Crippen LogP contribution in [0.2, 0.25) is 0 Å². The lowest BCUT2D eigenvalue weighted by molar-refractivity contribution is 0.0691. The van der Waals surface area contributed by atoms with Crippen molar-refractivity contribution < 1.29 is 9.90 Å². The van der Waals surface area contributed by atoms with E-state index in [1.165, 1.54) is 6.20 Å². The fraction of sp³-hybridized carbons (Fsp3) is 0.250. The van der Waals surface area contributed by atoms with Crippen molar-refractivity contribution in [3.63, 3.8) is 0 Å². The maximum Gasteiger partial charge on any atom is 0.356 e. The number of hydrogen-bond donors (Lipinski definition) is 2. The number of anilines is 1. The summed E-state index contributed by atoms with van der Waals surface area (Å²) >= 11 is 1.55. The van der Waals surface area contributed by atoms with Gasteiger partial charge >= 0.3 is 5.97 Å². The van der Waals surface area contributed by atoms with E-state index in [1.807, 2.05) is 12.3 Å². The molecular formula is C12H13N3O2S. The summed E-state index contributed by atoms with van der Waals surface area (Å²) in [7, 11) is 0. The van der Waals surface area contributed by atoms with E-state index in [2.05, 4.69) is 15.3 Å². The summed E-state index contributed by atoms with van der Waals surface area (Å²) in [6.45, 7) is 2.02. The van der Waals surface area contributed by atoms with Gasteiger partial charge in [0.1, 0.15) is 5.01 Å². The minimum Gasteiger partial charge on any atom is -0.476 e. The zero-order chi connectivity index (χ0) is 13.0. The quantitative estimate of drug-likeness (QED) is 0.867. The van der Waals surface area contributed by atoms with E-state index in [9.17, 15) is 4.79 Å². The van der Waals surface area contributed by atoms with Gasteiger partial charge in [-0.15, -0.1) is 11.3 Å². The SMILES string of the molecule is CCC(Nc1cccnc1C(=O)O)c1nccs1. The van der Waals surface area contributed by atoms with Crippen LogP contribution < -0.4 is 5.32 Å². The van der Waals surface area contributed by atoms with E-state index in [-0.39, 0.29) is 11.7 Å². The van der Waals surface area contributed by atoms with Crippen LogP contribution in [0.1, 0.15) is 34.9 Å². The van der Waals surface area contributed by atoms with Gasteiger partial charge in [0.25, 0.3) is 0 Å². The van der Waals surface area contributed by atoms with Crippen LogP contribution >= 0.6 is 11.3 Å². The molecule has 2 heterocycles. The Morgan fingerprint density at radius 3 is 2.94 bits per heavy atom. The molecule has 5 nitrogen and oxygen atoms in total. The average molecular weight is 263 g/mol. The minimum absolute atomic E-state index is 0.00676. The van der Waals surface area contributed by atoms with Crippen molar-refractivity contribution in [3.8, 4) is 0 Å². The van der Waals surface area contributed by atoms with Crippen LogP contribution in [0, 0.1) is 0 Å². The summed E-state index contributed by atoms with van der Waals surface area (Å²) in [6, 6.07) is 3.43. The molecule has 0 amide bonds. The number of pyridine rings is 1. The zero-order valence-corrected chi connectivity index (χ0v) is 10.6. The van der Waals surface area contributed by atoms with Crippen LogP contribution in [-0.4, -0.2) is 21.0 Å². The maximum atomic E-state index is 11.1. The Kier molecular flexibility index (Phi) is 3.88. The third kappa shape index (κ3) is 2.65. The molecule has 2 aromatic heterocycles. The van der Waals surface area contributed by atoms with Crippen LogP contribution in [0.3, 0.4) is 0 Å². The number of carboxylic acids is 1. The highest BCUT2D eigenvalue weighted by Gasteiger charge is 2.16. The normalized spacial score (nSPS) is 12.1. The van der Waals surface area contributed by atoms with Crippen molar-refractivity contribution in [2.45, 2.75) is 19.4 Å². The highest BCUT2D eigenvalue weighted by molar-refractivity contribution is 7.09. The Balaban J connectivity index is 2.25. The van der Waals surface area contributed by atoms with Gasteiger partial charge in [-0.3, -0.25) is 0 Å². The third-order valence-electron chi connectivity index (χ3n) is 2.50. The standard InChI is InChI=1S/C12H13N3O2S/c1-2-8(11-14-6-7-18-11)15-9-4-3-5-13-10(9)12(16)17/h3-8,15H,2H2,1H3,(H,16,17). The van der Waals surface area contributed by atoms with Crippen LogP contribution in [0.5, 0.6) is 0 Å². The average Bonchev–Trinajstić information content (AvgIpc) is 2.90. The number of hydrogen-bond acceptors (Lipinski definition) is 5. The van der Waals surface area contributed by atoms with Crippen LogP contribution in [0.4, 0.5) is 5.69 Å². The summed E-state index contributed by atoms with van der Waals surface area (Å²) in [5.41, 5.74) is 0.555. The van der Waals surface area contributed by atoms with Crippen LogP contribution in [0.25, 0.3) is 0 Å². The highest BCUT2D eigenvalue weighted by Crippen LogP contribution is 2.25. The molecule has 1 atom stereocenters. The van der Waals surface area contributed by atoms with Crippen LogP contribution in [0.15, 0.2) is 29.9 Å². The summed E-state index contributed by atoms with van der Waals surface area (Å²) in [5.74, 6) is -1.04. The first kappa shape index (κ1) is 12.5. The molecule has 0 saturated heterocycles. The number of aromatic carboxylic acids is 1. The topological polar surface area (TPSA) is 75.1 Å². The van der Waals surface area contributed by atoms with Crippen molar-refractivity contribution in [3.05, 3.63) is 40.6 Å². The molecule has 6 heteroatoms. The first-order chi connectivity index (χ1) is 8.72. The Morgan fingerprint density at radius 2 is 2.33 bits per heavy atom. The second-order valence-electron chi connectivity index (χ2n) is 3.68. The van der Waals surface area contributed by atoms with Crippen molar-refractivity contribution in [1.29, 1.82) is 0 Å². The van der Waals surface area contributed by atoms with E-state index in [1.54, 1.807) is 29.7 Å². The fourth-order valence-corrected chi connectivity index (χ4v) is 2.40.